The van der Waals surface area contributed by atoms with E-state index in [1.807, 2.05) is 20.8 Å². The molecular weight excluding hydrogens is 206 g/mol. The first-order chi connectivity index (χ1) is 7.28. The standard InChI is InChI=1S/C12H23NO3/c1-11(2,3)16-10(14)9(13)8-12(15-4)6-5-7-12/h9H,5-8,13H2,1-4H3. The van der Waals surface area contributed by atoms with Crippen LogP contribution >= 0.6 is 0 Å². The number of nitrogens with two attached hydrogens (primary N) is 1. The van der Waals surface area contributed by atoms with Gasteiger partial charge in [0, 0.05) is 13.5 Å². The first-order valence-corrected chi connectivity index (χ1v) is 5.82. The van der Waals surface area contributed by atoms with Crippen molar-refractivity contribution in [3.05, 3.63) is 0 Å². The molecule has 0 spiro atoms. The molecule has 0 heterocycles. The molecule has 0 aromatic rings. The Hall–Kier alpha value is -0.610. The van der Waals surface area contributed by atoms with Gasteiger partial charge >= 0.3 is 5.97 Å². The molecule has 1 aliphatic carbocycles. The quantitative estimate of drug-likeness (QED) is 0.744. The summed E-state index contributed by atoms with van der Waals surface area (Å²) in [5, 5.41) is 0. The van der Waals surface area contributed by atoms with Gasteiger partial charge in [-0.3, -0.25) is 4.79 Å². The highest BCUT2D eigenvalue weighted by atomic mass is 16.6. The Kier molecular flexibility index (Phi) is 3.97. The molecule has 16 heavy (non-hydrogen) atoms. The minimum atomic E-state index is -0.584. The molecule has 0 bridgehead atoms. The first-order valence-electron chi connectivity index (χ1n) is 5.82. The summed E-state index contributed by atoms with van der Waals surface area (Å²) in [6, 6.07) is -0.584. The van der Waals surface area contributed by atoms with Crippen LogP contribution in [0.4, 0.5) is 0 Å². The molecule has 94 valence electrons. The van der Waals surface area contributed by atoms with Crippen molar-refractivity contribution in [2.24, 2.45) is 5.73 Å². The lowest BCUT2D eigenvalue weighted by atomic mass is 9.76. The normalized spacial score (nSPS) is 21.1. The lowest BCUT2D eigenvalue weighted by Gasteiger charge is -2.41. The molecule has 4 heteroatoms. The number of hydrogen-bond acceptors (Lipinski definition) is 4. The summed E-state index contributed by atoms with van der Waals surface area (Å²) < 4.78 is 10.7. The van der Waals surface area contributed by atoms with Crippen molar-refractivity contribution in [1.29, 1.82) is 0 Å². The topological polar surface area (TPSA) is 61.5 Å². The average molecular weight is 229 g/mol. The molecule has 0 aromatic heterocycles. The minimum Gasteiger partial charge on any atom is -0.459 e. The average Bonchev–Trinajstić information content (AvgIpc) is 2.08. The molecular formula is C12H23NO3. The van der Waals surface area contributed by atoms with Crippen LogP contribution in [0.5, 0.6) is 0 Å². The van der Waals surface area contributed by atoms with E-state index in [1.54, 1.807) is 7.11 Å². The predicted octanol–water partition coefficient (Wildman–Crippen LogP) is 1.61. The Morgan fingerprint density at radius 2 is 2.00 bits per heavy atom. The zero-order valence-corrected chi connectivity index (χ0v) is 10.7. The Morgan fingerprint density at radius 1 is 1.44 bits per heavy atom. The molecule has 1 fully saturated rings. The number of carbonyl (C=O) groups excluding carboxylic acids is 1. The maximum atomic E-state index is 11.7. The highest BCUT2D eigenvalue weighted by Crippen LogP contribution is 2.38. The summed E-state index contributed by atoms with van der Waals surface area (Å²) in [7, 11) is 1.68. The van der Waals surface area contributed by atoms with Crippen LogP contribution < -0.4 is 5.73 Å². The van der Waals surface area contributed by atoms with Gasteiger partial charge in [0.1, 0.15) is 11.6 Å². The summed E-state index contributed by atoms with van der Waals surface area (Å²) in [4.78, 5) is 11.7. The Balaban J connectivity index is 2.45. The van der Waals surface area contributed by atoms with E-state index in [2.05, 4.69) is 0 Å². The smallest absolute Gasteiger partial charge is 0.323 e. The summed E-state index contributed by atoms with van der Waals surface area (Å²) in [5.74, 6) is -0.337. The van der Waals surface area contributed by atoms with E-state index >= 15 is 0 Å². The van der Waals surface area contributed by atoms with Gasteiger partial charge in [0.2, 0.25) is 0 Å². The molecule has 0 aromatic carbocycles. The van der Waals surface area contributed by atoms with E-state index in [-0.39, 0.29) is 11.6 Å². The van der Waals surface area contributed by atoms with Gasteiger partial charge in [-0.2, -0.15) is 0 Å². The molecule has 2 N–H and O–H groups in total. The predicted molar refractivity (Wildman–Crippen MR) is 62.0 cm³/mol. The SMILES string of the molecule is COC1(CC(N)C(=O)OC(C)(C)C)CCC1. The van der Waals surface area contributed by atoms with Gasteiger partial charge in [0.05, 0.1) is 5.60 Å². The molecule has 1 atom stereocenters. The highest BCUT2D eigenvalue weighted by Gasteiger charge is 2.40. The number of esters is 1. The largest absolute Gasteiger partial charge is 0.459 e. The molecule has 1 aliphatic rings. The molecule has 0 amide bonds. The maximum Gasteiger partial charge on any atom is 0.323 e. The first kappa shape index (κ1) is 13.5. The molecule has 0 aliphatic heterocycles. The van der Waals surface area contributed by atoms with Crippen LogP contribution in [0, 0.1) is 0 Å². The fraction of sp³-hybridized carbons (Fsp3) is 0.917. The number of hydrogen-bond donors (Lipinski definition) is 1. The van der Waals surface area contributed by atoms with Crippen LogP contribution in [0.3, 0.4) is 0 Å². The van der Waals surface area contributed by atoms with Gasteiger partial charge < -0.3 is 15.2 Å². The van der Waals surface area contributed by atoms with E-state index in [0.29, 0.717) is 6.42 Å². The third kappa shape index (κ3) is 3.46. The Bertz CT molecular complexity index is 248. The number of rotatable bonds is 4. The zero-order valence-electron chi connectivity index (χ0n) is 10.7. The lowest BCUT2D eigenvalue weighted by Crippen LogP contribution is -2.48. The second-order valence-corrected chi connectivity index (χ2v) is 5.58. The van der Waals surface area contributed by atoms with E-state index in [4.69, 9.17) is 15.2 Å². The van der Waals surface area contributed by atoms with Gasteiger partial charge in [-0.15, -0.1) is 0 Å². The second-order valence-electron chi connectivity index (χ2n) is 5.58. The van der Waals surface area contributed by atoms with Crippen LogP contribution in [0.2, 0.25) is 0 Å². The molecule has 0 saturated heterocycles. The van der Waals surface area contributed by atoms with Crippen LogP contribution in [0.25, 0.3) is 0 Å². The second kappa shape index (κ2) is 4.72. The summed E-state index contributed by atoms with van der Waals surface area (Å²) >= 11 is 0. The molecule has 4 nitrogen and oxygen atoms in total. The maximum absolute atomic E-state index is 11.7. The van der Waals surface area contributed by atoms with Crippen molar-refractivity contribution in [3.63, 3.8) is 0 Å². The van der Waals surface area contributed by atoms with Crippen LogP contribution in [0.15, 0.2) is 0 Å². The monoisotopic (exact) mass is 229 g/mol. The Labute approximate surface area is 97.5 Å². The van der Waals surface area contributed by atoms with Crippen molar-refractivity contribution < 1.29 is 14.3 Å². The number of carbonyl (C=O) groups is 1. The van der Waals surface area contributed by atoms with Crippen molar-refractivity contribution in [1.82, 2.24) is 0 Å². The van der Waals surface area contributed by atoms with E-state index in [1.165, 1.54) is 0 Å². The van der Waals surface area contributed by atoms with Crippen LogP contribution in [0.1, 0.15) is 46.5 Å². The fourth-order valence-corrected chi connectivity index (χ4v) is 1.92. The number of methoxy groups -OCH3 is 1. The summed E-state index contributed by atoms with van der Waals surface area (Å²) in [5.41, 5.74) is 5.18. The van der Waals surface area contributed by atoms with Crippen LogP contribution in [-0.4, -0.2) is 30.3 Å². The highest BCUT2D eigenvalue weighted by molar-refractivity contribution is 5.76. The van der Waals surface area contributed by atoms with Gasteiger partial charge in [0.15, 0.2) is 0 Å². The molecule has 0 radical (unpaired) electrons. The third-order valence-electron chi connectivity index (χ3n) is 3.00. The zero-order chi connectivity index (χ0) is 12.4. The van der Waals surface area contributed by atoms with Crippen LogP contribution in [-0.2, 0) is 14.3 Å². The van der Waals surface area contributed by atoms with Gasteiger partial charge in [-0.25, -0.2) is 0 Å². The van der Waals surface area contributed by atoms with E-state index in [9.17, 15) is 4.79 Å². The van der Waals surface area contributed by atoms with Gasteiger partial charge in [-0.05, 0) is 40.0 Å². The third-order valence-corrected chi connectivity index (χ3v) is 3.00. The minimum absolute atomic E-state index is 0.184. The lowest BCUT2D eigenvalue weighted by molar-refractivity contribution is -0.160. The van der Waals surface area contributed by atoms with Gasteiger partial charge in [0.25, 0.3) is 0 Å². The van der Waals surface area contributed by atoms with E-state index in [0.717, 1.165) is 19.3 Å². The van der Waals surface area contributed by atoms with Gasteiger partial charge in [-0.1, -0.05) is 0 Å². The molecule has 1 saturated carbocycles. The summed E-state index contributed by atoms with van der Waals surface area (Å²) in [6.45, 7) is 5.52. The van der Waals surface area contributed by atoms with E-state index < -0.39 is 11.6 Å². The van der Waals surface area contributed by atoms with Crippen molar-refractivity contribution in [2.45, 2.75) is 63.7 Å². The number of ether oxygens (including phenoxy) is 2. The molecule has 1 rings (SSSR count). The van der Waals surface area contributed by atoms with Crippen molar-refractivity contribution in [2.75, 3.05) is 7.11 Å². The van der Waals surface area contributed by atoms with Crippen molar-refractivity contribution >= 4 is 5.97 Å². The Morgan fingerprint density at radius 3 is 2.31 bits per heavy atom. The molecule has 1 unspecified atom stereocenters. The summed E-state index contributed by atoms with van der Waals surface area (Å²) in [6.07, 6.45) is 3.67. The fourth-order valence-electron chi connectivity index (χ4n) is 1.92. The van der Waals surface area contributed by atoms with Crippen molar-refractivity contribution in [3.8, 4) is 0 Å².